The minimum absolute atomic E-state index is 0.104. The molecule has 0 amide bonds. The van der Waals surface area contributed by atoms with E-state index in [1.165, 1.54) is 161 Å². The normalized spacial score (nSPS) is 14.1. The molecule has 0 aromatic rings. The van der Waals surface area contributed by atoms with Crippen molar-refractivity contribution in [2.75, 3.05) is 39.6 Å². The van der Waals surface area contributed by atoms with Crippen LogP contribution in [0.15, 0.2) is 0 Å². The van der Waals surface area contributed by atoms with Gasteiger partial charge in [0.05, 0.1) is 26.4 Å². The van der Waals surface area contributed by atoms with Gasteiger partial charge in [0.25, 0.3) is 0 Å². The average Bonchev–Trinajstić information content (AvgIpc) is 3.61. The van der Waals surface area contributed by atoms with E-state index in [0.717, 1.165) is 103 Å². The van der Waals surface area contributed by atoms with Gasteiger partial charge >= 0.3 is 39.5 Å². The third-order valence-electron chi connectivity index (χ3n) is 15.4. The molecule has 0 spiro atoms. The number of esters is 4. The van der Waals surface area contributed by atoms with Gasteiger partial charge in [-0.2, -0.15) is 0 Å². The van der Waals surface area contributed by atoms with E-state index in [1.54, 1.807) is 0 Å². The molecule has 0 bridgehead atoms. The summed E-state index contributed by atoms with van der Waals surface area (Å²) in [4.78, 5) is 72.0. The molecule has 0 saturated heterocycles. The Labute approximate surface area is 517 Å². The fourth-order valence-electron chi connectivity index (χ4n) is 9.99. The molecule has 0 aromatic carbocycles. The molecular weight excluding hydrogens is 1130 g/mol. The summed E-state index contributed by atoms with van der Waals surface area (Å²) in [5.74, 6) is -2.14. The first kappa shape index (κ1) is 83.1. The van der Waals surface area contributed by atoms with E-state index >= 15 is 0 Å². The zero-order valence-electron chi connectivity index (χ0n) is 54.6. The third kappa shape index (κ3) is 60.7. The molecule has 0 aromatic heterocycles. The van der Waals surface area contributed by atoms with E-state index in [-0.39, 0.29) is 25.7 Å². The molecule has 17 nitrogen and oxygen atoms in total. The molecule has 0 aliphatic carbocycles. The van der Waals surface area contributed by atoms with Crippen LogP contribution in [0.2, 0.25) is 0 Å². The Morgan fingerprint density at radius 3 is 0.694 bits per heavy atom. The fourth-order valence-corrected chi connectivity index (χ4v) is 11.6. The summed E-state index contributed by atoms with van der Waals surface area (Å²) in [5, 5.41) is 10.5. The number of aliphatic hydroxyl groups excluding tert-OH is 1. The smallest absolute Gasteiger partial charge is 0.462 e. The van der Waals surface area contributed by atoms with Crippen LogP contribution in [0.4, 0.5) is 0 Å². The molecule has 0 saturated carbocycles. The Hall–Kier alpha value is -1.94. The second kappa shape index (κ2) is 60.9. The van der Waals surface area contributed by atoms with Crippen molar-refractivity contribution in [1.29, 1.82) is 0 Å². The molecule has 3 N–H and O–H groups in total. The summed E-state index contributed by atoms with van der Waals surface area (Å²) in [5.41, 5.74) is 0. The highest BCUT2D eigenvalue weighted by molar-refractivity contribution is 7.47. The van der Waals surface area contributed by atoms with Crippen molar-refractivity contribution in [3.05, 3.63) is 0 Å². The predicted octanol–water partition coefficient (Wildman–Crippen LogP) is 18.7. The summed E-state index contributed by atoms with van der Waals surface area (Å²) < 4.78 is 67.8. The van der Waals surface area contributed by atoms with Crippen molar-refractivity contribution >= 4 is 39.5 Å². The van der Waals surface area contributed by atoms with E-state index < -0.39 is 97.5 Å². The van der Waals surface area contributed by atoms with Gasteiger partial charge in [-0.3, -0.25) is 37.3 Å². The van der Waals surface area contributed by atoms with Gasteiger partial charge in [0.15, 0.2) is 12.2 Å². The van der Waals surface area contributed by atoms with E-state index in [9.17, 15) is 43.2 Å². The third-order valence-corrected chi connectivity index (χ3v) is 17.3. The largest absolute Gasteiger partial charge is 0.472 e. The quantitative estimate of drug-likeness (QED) is 0.0222. The summed E-state index contributed by atoms with van der Waals surface area (Å²) in [6.45, 7) is 4.80. The predicted molar refractivity (Wildman–Crippen MR) is 340 cm³/mol. The van der Waals surface area contributed by atoms with Gasteiger partial charge < -0.3 is 33.8 Å². The van der Waals surface area contributed by atoms with Gasteiger partial charge in [-0.25, -0.2) is 9.13 Å². The lowest BCUT2D eigenvalue weighted by atomic mass is 10.0. The standard InChI is InChI=1S/C66H128O17P2/c1-5-9-13-17-20-23-25-27-29-31-33-35-37-40-43-47-51-64(69)77-57-62(83-66(71)53-49-45-41-38-36-34-32-30-28-26-24-21-18-14-10-6-2)59-81-85(74,75)79-55-60(67)54-78-84(72,73)80-58-61(56-76-63(68)50-46-42-16-12-8-4)82-65(70)52-48-44-39-22-19-15-11-7-3/h60-62,67H,5-59H2,1-4H3,(H,72,73)(H,74,75)/t60-,61+,62+/m0/s1. The number of rotatable bonds is 67. The number of carbonyl (C=O) groups is 4. The molecule has 0 aliphatic heterocycles. The van der Waals surface area contributed by atoms with E-state index in [2.05, 4.69) is 27.7 Å². The summed E-state index contributed by atoms with van der Waals surface area (Å²) in [7, 11) is -9.88. The van der Waals surface area contributed by atoms with Gasteiger partial charge in [0, 0.05) is 25.7 Å². The molecule has 504 valence electrons. The van der Waals surface area contributed by atoms with Gasteiger partial charge in [-0.05, 0) is 25.7 Å². The maximum atomic E-state index is 13.0. The van der Waals surface area contributed by atoms with Crippen molar-refractivity contribution in [2.24, 2.45) is 0 Å². The Morgan fingerprint density at radius 2 is 0.471 bits per heavy atom. The first-order valence-corrected chi connectivity index (χ1v) is 37.8. The van der Waals surface area contributed by atoms with Gasteiger partial charge in [-0.15, -0.1) is 0 Å². The Bertz CT molecular complexity index is 1640. The number of aliphatic hydroxyl groups is 1. The number of ether oxygens (including phenoxy) is 4. The lowest BCUT2D eigenvalue weighted by molar-refractivity contribution is -0.161. The number of unbranched alkanes of at least 4 members (excludes halogenated alkanes) is 41. The SMILES string of the molecule is CCCCCCCCCCCCCCCCCCC(=O)OC[C@H](COP(=O)(O)OC[C@@H](O)COP(=O)(O)OC[C@@H](COC(=O)CCCCCCC)OC(=O)CCCCCCCCCC)OC(=O)CCCCCCCCCCCCCCCCCC. The molecule has 19 heteroatoms. The summed E-state index contributed by atoms with van der Waals surface area (Å²) in [6, 6.07) is 0. The second-order valence-corrected chi connectivity index (χ2v) is 26.8. The topological polar surface area (TPSA) is 237 Å². The first-order chi connectivity index (χ1) is 41.2. The highest BCUT2D eigenvalue weighted by atomic mass is 31.2. The van der Waals surface area contributed by atoms with Crippen LogP contribution < -0.4 is 0 Å². The van der Waals surface area contributed by atoms with Crippen LogP contribution in [-0.2, 0) is 65.4 Å². The van der Waals surface area contributed by atoms with E-state index in [0.29, 0.717) is 25.7 Å². The van der Waals surface area contributed by atoms with Crippen LogP contribution >= 0.6 is 15.6 Å². The van der Waals surface area contributed by atoms with Gasteiger partial charge in [0.2, 0.25) is 0 Å². The average molecular weight is 1260 g/mol. The van der Waals surface area contributed by atoms with Crippen molar-refractivity contribution in [3.8, 4) is 0 Å². The maximum absolute atomic E-state index is 13.0. The Morgan fingerprint density at radius 1 is 0.282 bits per heavy atom. The minimum Gasteiger partial charge on any atom is -0.462 e. The highest BCUT2D eigenvalue weighted by Crippen LogP contribution is 2.45. The highest BCUT2D eigenvalue weighted by Gasteiger charge is 2.30. The lowest BCUT2D eigenvalue weighted by Gasteiger charge is -2.21. The van der Waals surface area contributed by atoms with Crippen LogP contribution in [0.5, 0.6) is 0 Å². The number of phosphoric acid groups is 2. The molecule has 0 radical (unpaired) electrons. The van der Waals surface area contributed by atoms with Crippen molar-refractivity contribution in [1.82, 2.24) is 0 Å². The second-order valence-electron chi connectivity index (χ2n) is 23.9. The Balaban J connectivity index is 5.13. The molecule has 0 rings (SSSR count). The van der Waals surface area contributed by atoms with E-state index in [4.69, 9.17) is 37.0 Å². The van der Waals surface area contributed by atoms with Crippen LogP contribution in [0.25, 0.3) is 0 Å². The zero-order chi connectivity index (χ0) is 62.6. The molecule has 0 heterocycles. The maximum Gasteiger partial charge on any atom is 0.472 e. The van der Waals surface area contributed by atoms with Crippen LogP contribution in [-0.4, -0.2) is 96.7 Å². The zero-order valence-corrected chi connectivity index (χ0v) is 56.4. The first-order valence-electron chi connectivity index (χ1n) is 34.8. The van der Waals surface area contributed by atoms with Crippen molar-refractivity contribution in [2.45, 2.75) is 361 Å². The number of hydrogen-bond acceptors (Lipinski definition) is 15. The van der Waals surface area contributed by atoms with E-state index in [1.807, 2.05) is 0 Å². The Kier molecular flexibility index (Phi) is 59.6. The minimum atomic E-state index is -4.94. The van der Waals surface area contributed by atoms with Crippen molar-refractivity contribution in [3.63, 3.8) is 0 Å². The molecule has 2 unspecified atom stereocenters. The molecule has 85 heavy (non-hydrogen) atoms. The lowest BCUT2D eigenvalue weighted by Crippen LogP contribution is -2.30. The summed E-state index contributed by atoms with van der Waals surface area (Å²) >= 11 is 0. The number of hydrogen-bond donors (Lipinski definition) is 3. The molecule has 5 atom stereocenters. The number of phosphoric ester groups is 2. The number of carbonyl (C=O) groups excluding carboxylic acids is 4. The van der Waals surface area contributed by atoms with Crippen LogP contribution in [0.3, 0.4) is 0 Å². The fraction of sp³-hybridized carbons (Fsp3) is 0.939. The van der Waals surface area contributed by atoms with Crippen molar-refractivity contribution < 1.29 is 80.2 Å². The molecular formula is C66H128O17P2. The van der Waals surface area contributed by atoms with Gasteiger partial charge in [0.1, 0.15) is 19.3 Å². The monoisotopic (exact) mass is 1250 g/mol. The van der Waals surface area contributed by atoms with Crippen LogP contribution in [0.1, 0.15) is 342 Å². The van der Waals surface area contributed by atoms with Gasteiger partial charge in [-0.1, -0.05) is 291 Å². The molecule has 0 fully saturated rings. The molecule has 0 aliphatic rings. The van der Waals surface area contributed by atoms with Crippen LogP contribution in [0, 0.1) is 0 Å². The summed E-state index contributed by atoms with van der Waals surface area (Å²) in [6.07, 6.45) is 47.7.